The highest BCUT2D eigenvalue weighted by Gasteiger charge is 2.20. The molecule has 180 valence electrons. The minimum Gasteiger partial charge on any atom is -0.309 e. The molecule has 5 aromatic rings. The van der Waals surface area contributed by atoms with Gasteiger partial charge in [-0.2, -0.15) is 0 Å². The molecule has 0 amide bonds. The first kappa shape index (κ1) is 24.0. The van der Waals surface area contributed by atoms with E-state index in [1.54, 1.807) is 0 Å². The van der Waals surface area contributed by atoms with Crippen molar-refractivity contribution in [3.05, 3.63) is 126 Å². The van der Waals surface area contributed by atoms with Gasteiger partial charge >= 0.3 is 0 Å². The zero-order chi connectivity index (χ0) is 25.8. The molecule has 0 radical (unpaired) electrons. The molecule has 0 saturated carbocycles. The minimum atomic E-state index is 0.843. The zero-order valence-corrected chi connectivity index (χ0v) is 21.2. The van der Waals surface area contributed by atoms with E-state index in [0.717, 1.165) is 61.4 Å². The Balaban J connectivity index is 1.83. The predicted molar refractivity (Wildman–Crippen MR) is 161 cm³/mol. The van der Waals surface area contributed by atoms with Crippen LogP contribution < -0.4 is 4.90 Å². The Bertz CT molecular complexity index is 1620. The van der Waals surface area contributed by atoms with Gasteiger partial charge in [0.1, 0.15) is 0 Å². The SMILES string of the molecule is C=Cc1c(/C=C\C)cccc1N(c1ccc2nc3ccccc3nc2c1)c1cccc(/C=C\C)c1C=C. The molecule has 5 rings (SSSR count). The van der Waals surface area contributed by atoms with E-state index in [4.69, 9.17) is 9.97 Å². The minimum absolute atomic E-state index is 0.843. The second-order valence-corrected chi connectivity index (χ2v) is 8.69. The number of anilines is 3. The summed E-state index contributed by atoms with van der Waals surface area (Å²) in [5.74, 6) is 0. The average molecular weight is 480 g/mol. The van der Waals surface area contributed by atoms with Gasteiger partial charge in [0.2, 0.25) is 0 Å². The summed E-state index contributed by atoms with van der Waals surface area (Å²) >= 11 is 0. The second-order valence-electron chi connectivity index (χ2n) is 8.69. The molecule has 0 bridgehead atoms. The Morgan fingerprint density at radius 3 is 1.62 bits per heavy atom. The lowest BCUT2D eigenvalue weighted by molar-refractivity contribution is 1.26. The maximum Gasteiger partial charge on any atom is 0.0915 e. The summed E-state index contributed by atoms with van der Waals surface area (Å²) in [6, 6.07) is 26.9. The third-order valence-electron chi connectivity index (χ3n) is 6.40. The van der Waals surface area contributed by atoms with E-state index in [0.29, 0.717) is 0 Å². The Morgan fingerprint density at radius 1 is 0.595 bits per heavy atom. The first-order valence-corrected chi connectivity index (χ1v) is 12.4. The van der Waals surface area contributed by atoms with Gasteiger partial charge in [-0.3, -0.25) is 0 Å². The number of hydrogen-bond donors (Lipinski definition) is 0. The Labute approximate surface area is 218 Å². The Kier molecular flexibility index (Phi) is 6.78. The first-order chi connectivity index (χ1) is 18.2. The monoisotopic (exact) mass is 479 g/mol. The van der Waals surface area contributed by atoms with E-state index >= 15 is 0 Å². The van der Waals surface area contributed by atoms with Crippen LogP contribution in [0.1, 0.15) is 36.1 Å². The van der Waals surface area contributed by atoms with Crippen molar-refractivity contribution < 1.29 is 0 Å². The van der Waals surface area contributed by atoms with Crippen molar-refractivity contribution in [3.63, 3.8) is 0 Å². The van der Waals surface area contributed by atoms with Gasteiger partial charge in [-0.15, -0.1) is 0 Å². The van der Waals surface area contributed by atoms with Crippen LogP contribution in [-0.2, 0) is 0 Å². The van der Waals surface area contributed by atoms with Crippen LogP contribution in [0.3, 0.4) is 0 Å². The van der Waals surface area contributed by atoms with Crippen molar-refractivity contribution in [3.8, 4) is 0 Å². The van der Waals surface area contributed by atoms with Gasteiger partial charge in [0.25, 0.3) is 0 Å². The van der Waals surface area contributed by atoms with Gasteiger partial charge in [-0.05, 0) is 67.4 Å². The molecule has 1 heterocycles. The third-order valence-corrected chi connectivity index (χ3v) is 6.40. The van der Waals surface area contributed by atoms with Crippen molar-refractivity contribution in [1.82, 2.24) is 9.97 Å². The summed E-state index contributed by atoms with van der Waals surface area (Å²) in [7, 11) is 0. The van der Waals surface area contributed by atoms with Crippen molar-refractivity contribution >= 4 is 63.4 Å². The highest BCUT2D eigenvalue weighted by atomic mass is 15.1. The first-order valence-electron chi connectivity index (χ1n) is 12.4. The number of para-hydroxylation sites is 2. The highest BCUT2D eigenvalue weighted by molar-refractivity contribution is 5.94. The van der Waals surface area contributed by atoms with Crippen LogP contribution in [0.15, 0.2) is 104 Å². The summed E-state index contributed by atoms with van der Waals surface area (Å²) < 4.78 is 0. The molecule has 4 aromatic carbocycles. The Morgan fingerprint density at radius 2 is 1.11 bits per heavy atom. The fourth-order valence-corrected chi connectivity index (χ4v) is 4.78. The number of hydrogen-bond acceptors (Lipinski definition) is 3. The zero-order valence-electron chi connectivity index (χ0n) is 21.2. The lowest BCUT2D eigenvalue weighted by Crippen LogP contribution is -2.14. The summed E-state index contributed by atoms with van der Waals surface area (Å²) in [6.07, 6.45) is 12.2. The fourth-order valence-electron chi connectivity index (χ4n) is 4.78. The van der Waals surface area contributed by atoms with Gasteiger partial charge in [0.05, 0.1) is 33.4 Å². The average Bonchev–Trinajstić information content (AvgIpc) is 2.93. The summed E-state index contributed by atoms with van der Waals surface area (Å²) in [5.41, 5.74) is 10.8. The van der Waals surface area contributed by atoms with E-state index in [-0.39, 0.29) is 0 Å². The van der Waals surface area contributed by atoms with Crippen LogP contribution in [0.25, 0.3) is 46.4 Å². The van der Waals surface area contributed by atoms with Crippen LogP contribution in [0.4, 0.5) is 17.1 Å². The lowest BCUT2D eigenvalue weighted by atomic mass is 9.99. The van der Waals surface area contributed by atoms with Crippen LogP contribution >= 0.6 is 0 Å². The van der Waals surface area contributed by atoms with Gasteiger partial charge in [0.15, 0.2) is 0 Å². The summed E-state index contributed by atoms with van der Waals surface area (Å²) in [5, 5.41) is 0. The lowest BCUT2D eigenvalue weighted by Gasteiger charge is -2.30. The highest BCUT2D eigenvalue weighted by Crippen LogP contribution is 2.42. The van der Waals surface area contributed by atoms with Gasteiger partial charge < -0.3 is 4.90 Å². The molecule has 37 heavy (non-hydrogen) atoms. The fraction of sp³-hybridized carbons (Fsp3) is 0.0588. The molecule has 0 fully saturated rings. The van der Waals surface area contributed by atoms with Crippen molar-refractivity contribution in [2.24, 2.45) is 0 Å². The molecule has 0 atom stereocenters. The van der Waals surface area contributed by atoms with E-state index in [2.05, 4.69) is 90.9 Å². The number of rotatable bonds is 7. The molecule has 0 aliphatic heterocycles. The van der Waals surface area contributed by atoms with Gasteiger partial charge in [0, 0.05) is 16.8 Å². The van der Waals surface area contributed by atoms with E-state index in [1.807, 2.05) is 56.3 Å². The molecular weight excluding hydrogens is 450 g/mol. The number of allylic oxidation sites excluding steroid dienone is 2. The predicted octanol–water partition coefficient (Wildman–Crippen LogP) is 9.60. The van der Waals surface area contributed by atoms with Crippen LogP contribution in [0.2, 0.25) is 0 Å². The largest absolute Gasteiger partial charge is 0.309 e. The third kappa shape index (κ3) is 4.48. The molecule has 0 saturated heterocycles. The molecule has 0 spiro atoms. The number of aromatic nitrogens is 2. The standard InChI is InChI=1S/C34H29N3/c1-5-13-24-15-11-19-33(27(24)7-3)37(34-20-12-16-25(14-6-2)28(34)8-4)26-21-22-31-32(23-26)36-30-18-10-9-17-29(30)35-31/h5-23H,3-4H2,1-2H3/b13-5-,14-6-. The maximum absolute atomic E-state index is 4.94. The quantitative estimate of drug-likeness (QED) is 0.218. The number of benzene rings is 4. The molecule has 3 heteroatoms. The van der Waals surface area contributed by atoms with E-state index in [9.17, 15) is 0 Å². The molecule has 1 aromatic heterocycles. The molecule has 0 N–H and O–H groups in total. The normalized spacial score (nSPS) is 11.5. The second kappa shape index (κ2) is 10.5. The smallest absolute Gasteiger partial charge is 0.0915 e. The van der Waals surface area contributed by atoms with Crippen LogP contribution in [0, 0.1) is 0 Å². The Hall–Kier alpha value is -4.76. The van der Waals surface area contributed by atoms with Crippen LogP contribution in [-0.4, -0.2) is 9.97 Å². The van der Waals surface area contributed by atoms with E-state index in [1.165, 1.54) is 0 Å². The molecular formula is C34H29N3. The van der Waals surface area contributed by atoms with Crippen molar-refractivity contribution in [2.75, 3.05) is 4.90 Å². The van der Waals surface area contributed by atoms with Gasteiger partial charge in [-0.1, -0.05) is 86.0 Å². The molecule has 3 nitrogen and oxygen atoms in total. The van der Waals surface area contributed by atoms with Crippen molar-refractivity contribution in [1.29, 1.82) is 0 Å². The topological polar surface area (TPSA) is 29.0 Å². The number of fused-ring (bicyclic) bond motifs is 2. The molecule has 0 aliphatic carbocycles. The summed E-state index contributed by atoms with van der Waals surface area (Å²) in [6.45, 7) is 12.4. The van der Waals surface area contributed by atoms with Gasteiger partial charge in [-0.25, -0.2) is 9.97 Å². The summed E-state index contributed by atoms with van der Waals surface area (Å²) in [4.78, 5) is 12.0. The van der Waals surface area contributed by atoms with Crippen LogP contribution in [0.5, 0.6) is 0 Å². The molecule has 0 unspecified atom stereocenters. The van der Waals surface area contributed by atoms with Crippen molar-refractivity contribution in [2.45, 2.75) is 13.8 Å². The van der Waals surface area contributed by atoms with E-state index < -0.39 is 0 Å². The maximum atomic E-state index is 4.94. The number of nitrogens with zero attached hydrogens (tertiary/aromatic N) is 3. The molecule has 0 aliphatic rings.